The molecule has 0 saturated heterocycles. The summed E-state index contributed by atoms with van der Waals surface area (Å²) in [6, 6.07) is 7.68. The van der Waals surface area contributed by atoms with Crippen molar-refractivity contribution in [3.05, 3.63) is 60.2 Å². The minimum absolute atomic E-state index is 0.218. The zero-order chi connectivity index (χ0) is 24.1. The fourth-order valence-electron chi connectivity index (χ4n) is 4.31. The van der Waals surface area contributed by atoms with Gasteiger partial charge < -0.3 is 4.74 Å². The average Bonchev–Trinajstić information content (AvgIpc) is 2.87. The van der Waals surface area contributed by atoms with Crippen molar-refractivity contribution in [1.82, 2.24) is 4.98 Å². The molecule has 0 aliphatic rings. The van der Waals surface area contributed by atoms with E-state index >= 15 is 0 Å². The Labute approximate surface area is 208 Å². The summed E-state index contributed by atoms with van der Waals surface area (Å²) in [4.78, 5) is 16.3. The molecule has 2 rings (SSSR count). The highest BCUT2D eigenvalue weighted by Crippen LogP contribution is 2.14. The first kappa shape index (κ1) is 28.0. The molecular weight excluding hydrogens is 420 g/mol. The quantitative estimate of drug-likeness (QED) is 0.113. The fourth-order valence-corrected chi connectivity index (χ4v) is 4.31. The highest BCUT2D eigenvalue weighted by Gasteiger charge is 2.08. The van der Waals surface area contributed by atoms with Gasteiger partial charge >= 0.3 is 5.97 Å². The van der Waals surface area contributed by atoms with Gasteiger partial charge in [-0.25, -0.2) is 4.79 Å². The van der Waals surface area contributed by atoms with Gasteiger partial charge in [0, 0.05) is 5.56 Å². The number of esters is 1. The molecule has 4 heteroatoms. The number of ether oxygens (including phenoxy) is 1. The van der Waals surface area contributed by atoms with Crippen LogP contribution >= 0.6 is 0 Å². The number of carbonyl (C=O) groups excluding carboxylic acids is 1. The van der Waals surface area contributed by atoms with E-state index in [0.717, 1.165) is 24.9 Å². The van der Waals surface area contributed by atoms with E-state index in [2.05, 4.69) is 16.5 Å². The highest BCUT2D eigenvalue weighted by molar-refractivity contribution is 5.89. The smallest absolute Gasteiger partial charge is 0.338 e. The molecule has 0 unspecified atom stereocenters. The second-order valence-electron chi connectivity index (χ2n) is 9.55. The maximum atomic E-state index is 12.2. The zero-order valence-corrected chi connectivity index (χ0v) is 21.6. The van der Waals surface area contributed by atoms with E-state index in [1.165, 1.54) is 89.9 Å². The monoisotopic (exact) mass is 467 g/mol. The standard InChI is InChI=1S/C30H47N2O2/c1-2-3-4-5-6-7-8-9-10-11-12-13-14-15-16-17-26-34-30(33)29-20-18-28(19-21-29)27-32-24-22-31-23-25-32/h18-25H,2-17,26-27H2,1H3/q+1. The predicted molar refractivity (Wildman–Crippen MR) is 140 cm³/mol. The second-order valence-corrected chi connectivity index (χ2v) is 9.55. The molecule has 0 aliphatic heterocycles. The molecule has 0 aliphatic carbocycles. The van der Waals surface area contributed by atoms with Gasteiger partial charge in [0.2, 0.25) is 0 Å². The molecule has 1 aromatic heterocycles. The Morgan fingerprint density at radius 1 is 0.706 bits per heavy atom. The molecule has 0 bridgehead atoms. The molecule has 0 spiro atoms. The molecule has 188 valence electrons. The molecule has 0 saturated carbocycles. The van der Waals surface area contributed by atoms with Crippen molar-refractivity contribution in [2.45, 2.75) is 116 Å². The zero-order valence-electron chi connectivity index (χ0n) is 21.6. The van der Waals surface area contributed by atoms with Crippen molar-refractivity contribution >= 4 is 5.97 Å². The number of carbonyl (C=O) groups is 1. The molecule has 0 fully saturated rings. The SMILES string of the molecule is CCCCCCCCCCCCCCCCCCOC(=O)c1ccc(C[n+]2ccncc2)cc1. The van der Waals surface area contributed by atoms with Crippen LogP contribution in [0.2, 0.25) is 0 Å². The van der Waals surface area contributed by atoms with Crippen molar-refractivity contribution in [2.75, 3.05) is 6.61 Å². The molecule has 0 radical (unpaired) electrons. The molecule has 4 nitrogen and oxygen atoms in total. The van der Waals surface area contributed by atoms with Crippen LogP contribution in [-0.4, -0.2) is 17.6 Å². The lowest BCUT2D eigenvalue weighted by Crippen LogP contribution is -2.33. The van der Waals surface area contributed by atoms with Crippen molar-refractivity contribution in [1.29, 1.82) is 0 Å². The van der Waals surface area contributed by atoms with E-state index in [9.17, 15) is 4.79 Å². The van der Waals surface area contributed by atoms with Crippen LogP contribution < -0.4 is 4.57 Å². The highest BCUT2D eigenvalue weighted by atomic mass is 16.5. The molecule has 34 heavy (non-hydrogen) atoms. The van der Waals surface area contributed by atoms with Crippen molar-refractivity contribution in [3.8, 4) is 0 Å². The van der Waals surface area contributed by atoms with Crippen LogP contribution in [0.15, 0.2) is 49.1 Å². The summed E-state index contributed by atoms with van der Waals surface area (Å²) in [6.45, 7) is 3.56. The number of hydrogen-bond acceptors (Lipinski definition) is 3. The minimum atomic E-state index is -0.218. The molecule has 0 N–H and O–H groups in total. The van der Waals surface area contributed by atoms with Crippen LogP contribution in [0, 0.1) is 0 Å². The first-order valence-corrected chi connectivity index (χ1v) is 13.8. The largest absolute Gasteiger partial charge is 0.462 e. The minimum Gasteiger partial charge on any atom is -0.462 e. The third-order valence-electron chi connectivity index (χ3n) is 6.47. The molecule has 1 aromatic carbocycles. The summed E-state index contributed by atoms with van der Waals surface area (Å²) in [5.74, 6) is -0.218. The van der Waals surface area contributed by atoms with Crippen molar-refractivity contribution in [2.24, 2.45) is 0 Å². The van der Waals surface area contributed by atoms with Crippen LogP contribution in [0.1, 0.15) is 126 Å². The van der Waals surface area contributed by atoms with Gasteiger partial charge in [-0.1, -0.05) is 115 Å². The van der Waals surface area contributed by atoms with Crippen LogP contribution in [0.3, 0.4) is 0 Å². The lowest BCUT2D eigenvalue weighted by atomic mass is 10.0. The van der Waals surface area contributed by atoms with Gasteiger partial charge in [0.1, 0.15) is 0 Å². The summed E-state index contributed by atoms with van der Waals surface area (Å²) < 4.78 is 7.51. The van der Waals surface area contributed by atoms with Crippen LogP contribution in [0.4, 0.5) is 0 Å². The van der Waals surface area contributed by atoms with Gasteiger partial charge in [0.15, 0.2) is 18.9 Å². The van der Waals surface area contributed by atoms with E-state index < -0.39 is 0 Å². The Balaban J connectivity index is 1.38. The molecular formula is C30H47N2O2+. The first-order valence-electron chi connectivity index (χ1n) is 13.8. The number of rotatable bonds is 20. The van der Waals surface area contributed by atoms with Gasteiger partial charge in [-0.15, -0.1) is 0 Å². The van der Waals surface area contributed by atoms with E-state index in [1.807, 2.05) is 36.7 Å². The predicted octanol–water partition coefficient (Wildman–Crippen LogP) is 7.84. The third kappa shape index (κ3) is 13.5. The molecule has 1 heterocycles. The second kappa shape index (κ2) is 19.1. The van der Waals surface area contributed by atoms with Gasteiger partial charge in [-0.3, -0.25) is 4.98 Å². The van der Waals surface area contributed by atoms with Gasteiger partial charge in [0.05, 0.1) is 24.6 Å². The van der Waals surface area contributed by atoms with E-state index in [0.29, 0.717) is 12.2 Å². The summed E-state index contributed by atoms with van der Waals surface area (Å²) >= 11 is 0. The van der Waals surface area contributed by atoms with Crippen molar-refractivity contribution < 1.29 is 14.1 Å². The summed E-state index contributed by atoms with van der Waals surface area (Å²) in [6.07, 6.45) is 28.9. The Morgan fingerprint density at radius 3 is 1.68 bits per heavy atom. The Morgan fingerprint density at radius 2 is 1.18 bits per heavy atom. The molecule has 0 amide bonds. The van der Waals surface area contributed by atoms with E-state index in [-0.39, 0.29) is 5.97 Å². The molecule has 0 atom stereocenters. The Hall–Kier alpha value is -2.23. The van der Waals surface area contributed by atoms with Gasteiger partial charge in [0.25, 0.3) is 0 Å². The van der Waals surface area contributed by atoms with Crippen LogP contribution in [0.25, 0.3) is 0 Å². The maximum absolute atomic E-state index is 12.2. The summed E-state index contributed by atoms with van der Waals surface area (Å²) in [7, 11) is 0. The van der Waals surface area contributed by atoms with Crippen LogP contribution in [-0.2, 0) is 11.3 Å². The number of hydrogen-bond donors (Lipinski definition) is 0. The van der Waals surface area contributed by atoms with E-state index in [1.54, 1.807) is 12.4 Å². The fraction of sp³-hybridized carbons (Fsp3) is 0.633. The van der Waals surface area contributed by atoms with Crippen molar-refractivity contribution in [3.63, 3.8) is 0 Å². The first-order chi connectivity index (χ1) is 16.8. The summed E-state index contributed by atoms with van der Waals surface area (Å²) in [5.41, 5.74) is 1.77. The Kier molecular flexibility index (Phi) is 15.7. The number of nitrogens with zero attached hydrogens (tertiary/aromatic N) is 2. The number of unbranched alkanes of at least 4 members (excludes halogenated alkanes) is 15. The van der Waals surface area contributed by atoms with Crippen LogP contribution in [0.5, 0.6) is 0 Å². The van der Waals surface area contributed by atoms with E-state index in [4.69, 9.17) is 4.74 Å². The van der Waals surface area contributed by atoms with Gasteiger partial charge in [-0.05, 0) is 18.6 Å². The topological polar surface area (TPSA) is 43.1 Å². The number of aromatic nitrogens is 2. The summed E-state index contributed by atoms with van der Waals surface area (Å²) in [5, 5.41) is 0. The number of benzene rings is 1. The lowest BCUT2D eigenvalue weighted by molar-refractivity contribution is -0.688. The lowest BCUT2D eigenvalue weighted by Gasteiger charge is -2.06. The normalized spacial score (nSPS) is 11.0. The molecule has 2 aromatic rings. The maximum Gasteiger partial charge on any atom is 0.338 e. The third-order valence-corrected chi connectivity index (χ3v) is 6.47. The average molecular weight is 468 g/mol. The van der Waals surface area contributed by atoms with Gasteiger partial charge in [-0.2, -0.15) is 4.57 Å². The Bertz CT molecular complexity index is 746.